The van der Waals surface area contributed by atoms with E-state index in [9.17, 15) is 14.4 Å². The lowest BCUT2D eigenvalue weighted by molar-refractivity contribution is -0.129. The summed E-state index contributed by atoms with van der Waals surface area (Å²) in [6, 6.07) is 17.3. The van der Waals surface area contributed by atoms with Crippen molar-refractivity contribution in [3.8, 4) is 11.5 Å². The van der Waals surface area contributed by atoms with E-state index in [1.807, 2.05) is 29.2 Å². The zero-order valence-corrected chi connectivity index (χ0v) is 24.5. The van der Waals surface area contributed by atoms with Gasteiger partial charge in [-0.25, -0.2) is 0 Å². The predicted octanol–water partition coefficient (Wildman–Crippen LogP) is 4.73. The molecule has 1 fully saturated rings. The number of aryl methyl sites for hydroxylation is 1. The van der Waals surface area contributed by atoms with Crippen molar-refractivity contribution in [1.82, 2.24) is 9.88 Å². The van der Waals surface area contributed by atoms with Gasteiger partial charge in [0.25, 0.3) is 5.56 Å². The number of nitrogens with zero attached hydrogens (tertiary/aromatic N) is 1. The number of carbonyl (C=O) groups excluding carboxylic acids is 2. The van der Waals surface area contributed by atoms with Gasteiger partial charge < -0.3 is 25.1 Å². The summed E-state index contributed by atoms with van der Waals surface area (Å²) < 4.78 is 10.9. The second kappa shape index (κ2) is 12.5. The number of hydrogen-bond acceptors (Lipinski definition) is 5. The van der Waals surface area contributed by atoms with Gasteiger partial charge in [-0.3, -0.25) is 14.4 Å². The molecular formula is C33H39N3O5. The second-order valence-electron chi connectivity index (χ2n) is 11.4. The Kier molecular flexibility index (Phi) is 9.01. The van der Waals surface area contributed by atoms with Gasteiger partial charge in [-0.05, 0) is 47.6 Å². The van der Waals surface area contributed by atoms with Gasteiger partial charge in [-0.2, -0.15) is 0 Å². The molecule has 1 atom stereocenters. The van der Waals surface area contributed by atoms with E-state index < -0.39 is 5.91 Å². The quantitative estimate of drug-likeness (QED) is 0.374. The Morgan fingerprint density at radius 3 is 2.34 bits per heavy atom. The minimum atomic E-state index is -0.451. The highest BCUT2D eigenvalue weighted by Gasteiger charge is 2.31. The SMILES string of the molecule is COc1ccc(CN2C(=O)CC[C@@H]2/C=C(\c2ccc(C(C)(C)C)cc2)c2ccc(CCC(N)=O)c(=O)[nH]2)c(OC)c1. The van der Waals surface area contributed by atoms with Crippen molar-refractivity contribution >= 4 is 17.4 Å². The van der Waals surface area contributed by atoms with Crippen molar-refractivity contribution in [3.63, 3.8) is 0 Å². The lowest BCUT2D eigenvalue weighted by Gasteiger charge is -2.25. The summed E-state index contributed by atoms with van der Waals surface area (Å²) in [7, 11) is 3.20. The molecule has 0 spiro atoms. The van der Waals surface area contributed by atoms with E-state index in [1.165, 1.54) is 5.56 Å². The Morgan fingerprint density at radius 1 is 1.02 bits per heavy atom. The van der Waals surface area contributed by atoms with Crippen LogP contribution in [0.4, 0.5) is 0 Å². The number of carbonyl (C=O) groups is 2. The van der Waals surface area contributed by atoms with Crippen LogP contribution < -0.4 is 20.8 Å². The van der Waals surface area contributed by atoms with E-state index in [2.05, 4.69) is 56.1 Å². The van der Waals surface area contributed by atoms with E-state index in [4.69, 9.17) is 15.2 Å². The third kappa shape index (κ3) is 7.06. The Morgan fingerprint density at radius 2 is 1.73 bits per heavy atom. The highest BCUT2D eigenvalue weighted by molar-refractivity contribution is 5.82. The fourth-order valence-corrected chi connectivity index (χ4v) is 5.10. The number of benzene rings is 2. The van der Waals surface area contributed by atoms with Crippen LogP contribution in [0.25, 0.3) is 5.57 Å². The van der Waals surface area contributed by atoms with Gasteiger partial charge in [0.15, 0.2) is 0 Å². The highest BCUT2D eigenvalue weighted by atomic mass is 16.5. The minimum Gasteiger partial charge on any atom is -0.497 e. The number of nitrogens with one attached hydrogen (secondary N) is 1. The lowest BCUT2D eigenvalue weighted by Crippen LogP contribution is -2.31. The number of primary amides is 1. The average Bonchev–Trinajstić information content (AvgIpc) is 3.29. The van der Waals surface area contributed by atoms with Crippen LogP contribution in [0.3, 0.4) is 0 Å². The number of methoxy groups -OCH3 is 2. The minimum absolute atomic E-state index is 0.00904. The number of pyridine rings is 1. The summed E-state index contributed by atoms with van der Waals surface area (Å²) in [5, 5.41) is 0. The van der Waals surface area contributed by atoms with Gasteiger partial charge >= 0.3 is 0 Å². The van der Waals surface area contributed by atoms with Crippen molar-refractivity contribution in [2.75, 3.05) is 14.2 Å². The van der Waals surface area contributed by atoms with Crippen LogP contribution in [0.1, 0.15) is 68.0 Å². The summed E-state index contributed by atoms with van der Waals surface area (Å²) in [5.41, 5.74) is 9.99. The molecule has 216 valence electrons. The number of aromatic nitrogens is 1. The molecule has 0 bridgehead atoms. The monoisotopic (exact) mass is 557 g/mol. The van der Waals surface area contributed by atoms with Gasteiger partial charge in [0.05, 0.1) is 20.3 Å². The maximum absolute atomic E-state index is 13.1. The maximum atomic E-state index is 13.1. The Labute approximate surface area is 241 Å². The molecule has 3 N–H and O–H groups in total. The van der Waals surface area contributed by atoms with Crippen LogP contribution in [0.5, 0.6) is 11.5 Å². The van der Waals surface area contributed by atoms with Crippen molar-refractivity contribution in [3.05, 3.63) is 99.0 Å². The molecule has 0 radical (unpaired) electrons. The van der Waals surface area contributed by atoms with E-state index in [-0.39, 0.29) is 35.8 Å². The van der Waals surface area contributed by atoms with E-state index >= 15 is 0 Å². The second-order valence-corrected chi connectivity index (χ2v) is 11.4. The van der Waals surface area contributed by atoms with Gasteiger partial charge in [-0.1, -0.05) is 57.2 Å². The molecule has 2 heterocycles. The van der Waals surface area contributed by atoms with Crippen LogP contribution in [-0.4, -0.2) is 42.0 Å². The van der Waals surface area contributed by atoms with Crippen LogP contribution in [0.2, 0.25) is 0 Å². The number of H-pyrrole nitrogens is 1. The standard InChI is InChI=1S/C33H39N3O5/c1-33(2,3)24-11-6-21(7-12-24)27(28-15-9-22(32(39)35-28)10-16-30(34)37)18-25-13-17-31(38)36(25)20-23-8-14-26(40-4)19-29(23)41-5/h6-9,11-12,14-15,18-19,25H,10,13,16-17,20H2,1-5H3,(H2,34,37)(H,35,39)/b27-18+/t25-/m1/s1. The zero-order chi connectivity index (χ0) is 29.7. The van der Waals surface area contributed by atoms with E-state index in [0.717, 1.165) is 16.7 Å². The van der Waals surface area contributed by atoms with E-state index in [0.29, 0.717) is 42.1 Å². The molecule has 1 aliphatic rings. The number of aromatic amines is 1. The predicted molar refractivity (Wildman–Crippen MR) is 160 cm³/mol. The zero-order valence-electron chi connectivity index (χ0n) is 24.5. The number of rotatable bonds is 10. The summed E-state index contributed by atoms with van der Waals surface area (Å²) in [6.45, 7) is 6.87. The summed E-state index contributed by atoms with van der Waals surface area (Å²) in [5.74, 6) is 0.939. The third-order valence-corrected chi connectivity index (χ3v) is 7.55. The number of hydrogen-bond donors (Lipinski definition) is 2. The van der Waals surface area contributed by atoms with Gasteiger partial charge in [0.1, 0.15) is 11.5 Å². The molecule has 1 aromatic heterocycles. The smallest absolute Gasteiger partial charge is 0.251 e. The topological polar surface area (TPSA) is 115 Å². The van der Waals surface area contributed by atoms with Crippen molar-refractivity contribution in [1.29, 1.82) is 0 Å². The van der Waals surface area contributed by atoms with Crippen molar-refractivity contribution < 1.29 is 19.1 Å². The van der Waals surface area contributed by atoms with Crippen LogP contribution in [-0.2, 0) is 28.0 Å². The van der Waals surface area contributed by atoms with Crippen molar-refractivity contribution in [2.45, 2.75) is 64.5 Å². The molecule has 0 unspecified atom stereocenters. The first-order valence-electron chi connectivity index (χ1n) is 13.8. The number of amides is 2. The molecule has 2 aromatic carbocycles. The molecule has 0 aliphatic carbocycles. The maximum Gasteiger partial charge on any atom is 0.251 e. The largest absolute Gasteiger partial charge is 0.497 e. The number of nitrogens with two attached hydrogens (primary N) is 1. The molecule has 1 saturated heterocycles. The summed E-state index contributed by atoms with van der Waals surface area (Å²) in [6.07, 6.45) is 3.54. The number of likely N-dealkylation sites (tertiary alicyclic amines) is 1. The normalized spacial score (nSPS) is 15.7. The van der Waals surface area contributed by atoms with Crippen molar-refractivity contribution in [2.24, 2.45) is 5.73 Å². The van der Waals surface area contributed by atoms with Gasteiger partial charge in [-0.15, -0.1) is 0 Å². The Bertz CT molecular complexity index is 1500. The molecule has 8 heteroatoms. The van der Waals surface area contributed by atoms with Crippen LogP contribution in [0, 0.1) is 0 Å². The van der Waals surface area contributed by atoms with E-state index in [1.54, 1.807) is 20.3 Å². The Hall–Kier alpha value is -4.33. The number of ether oxygens (including phenoxy) is 2. The first-order valence-corrected chi connectivity index (χ1v) is 13.8. The highest BCUT2D eigenvalue weighted by Crippen LogP contribution is 2.33. The van der Waals surface area contributed by atoms with Crippen LogP contribution in [0.15, 0.2) is 65.5 Å². The molecule has 4 rings (SSSR count). The fraction of sp³-hybridized carbons (Fsp3) is 0.364. The molecule has 41 heavy (non-hydrogen) atoms. The van der Waals surface area contributed by atoms with Gasteiger partial charge in [0.2, 0.25) is 11.8 Å². The first kappa shape index (κ1) is 29.6. The molecule has 8 nitrogen and oxygen atoms in total. The molecule has 3 aromatic rings. The average molecular weight is 558 g/mol. The molecule has 0 saturated carbocycles. The van der Waals surface area contributed by atoms with Gasteiger partial charge in [0, 0.05) is 47.8 Å². The first-order chi connectivity index (χ1) is 19.5. The fourth-order valence-electron chi connectivity index (χ4n) is 5.10. The Balaban J connectivity index is 1.74. The lowest BCUT2D eigenvalue weighted by atomic mass is 9.86. The third-order valence-electron chi connectivity index (χ3n) is 7.55. The molecule has 1 aliphatic heterocycles. The van der Waals surface area contributed by atoms with Crippen LogP contribution >= 0.6 is 0 Å². The summed E-state index contributed by atoms with van der Waals surface area (Å²) >= 11 is 0. The molecule has 2 amide bonds. The summed E-state index contributed by atoms with van der Waals surface area (Å²) in [4.78, 5) is 42.2. The molecular weight excluding hydrogens is 518 g/mol.